The molecule has 8 heteroatoms. The number of anilines is 1. The van der Waals surface area contributed by atoms with Gasteiger partial charge in [0, 0.05) is 6.04 Å². The first-order valence-corrected chi connectivity index (χ1v) is 12.7. The van der Waals surface area contributed by atoms with Crippen LogP contribution in [-0.2, 0) is 14.3 Å². The molecular weight excluding hydrogens is 478 g/mol. The van der Waals surface area contributed by atoms with Crippen molar-refractivity contribution in [2.75, 3.05) is 11.9 Å². The van der Waals surface area contributed by atoms with Gasteiger partial charge in [0.1, 0.15) is 18.2 Å². The normalized spacial score (nSPS) is 14.4. The van der Waals surface area contributed by atoms with Crippen LogP contribution >= 0.6 is 11.6 Å². The Morgan fingerprint density at radius 2 is 1.72 bits per heavy atom. The Morgan fingerprint density at radius 3 is 2.25 bits per heavy atom. The van der Waals surface area contributed by atoms with Crippen molar-refractivity contribution in [3.8, 4) is 0 Å². The summed E-state index contributed by atoms with van der Waals surface area (Å²) in [5.41, 5.74) is 3.35. The lowest BCUT2D eigenvalue weighted by atomic mass is 9.88. The number of amides is 3. The molecule has 1 saturated carbocycles. The monoisotopic (exact) mass is 513 g/mol. The Labute approximate surface area is 218 Å². The van der Waals surface area contributed by atoms with Gasteiger partial charge >= 0.3 is 6.09 Å². The van der Waals surface area contributed by atoms with E-state index < -0.39 is 17.7 Å². The predicted molar refractivity (Wildman–Crippen MR) is 142 cm³/mol. The molecule has 2 aromatic carbocycles. The van der Waals surface area contributed by atoms with E-state index in [1.54, 1.807) is 31.7 Å². The number of hydrogen-bond acceptors (Lipinski definition) is 4. The minimum Gasteiger partial charge on any atom is -0.444 e. The van der Waals surface area contributed by atoms with Crippen molar-refractivity contribution in [3.63, 3.8) is 0 Å². The van der Waals surface area contributed by atoms with Crippen LogP contribution in [0, 0.1) is 20.8 Å². The van der Waals surface area contributed by atoms with Gasteiger partial charge in [-0.1, -0.05) is 53.1 Å². The van der Waals surface area contributed by atoms with E-state index in [9.17, 15) is 14.4 Å². The van der Waals surface area contributed by atoms with Gasteiger partial charge in [0.15, 0.2) is 0 Å². The first kappa shape index (κ1) is 27.5. The molecule has 0 aromatic heterocycles. The predicted octanol–water partition coefficient (Wildman–Crippen LogP) is 5.85. The van der Waals surface area contributed by atoms with E-state index in [4.69, 9.17) is 16.3 Å². The second-order valence-corrected chi connectivity index (χ2v) is 10.9. The Morgan fingerprint density at radius 1 is 1.08 bits per heavy atom. The zero-order chi connectivity index (χ0) is 26.6. The molecule has 1 fully saturated rings. The number of benzene rings is 2. The van der Waals surface area contributed by atoms with Gasteiger partial charge in [-0.25, -0.2) is 4.79 Å². The van der Waals surface area contributed by atoms with Crippen LogP contribution in [0.3, 0.4) is 0 Å². The minimum atomic E-state index is -0.891. The molecule has 7 nitrogen and oxygen atoms in total. The summed E-state index contributed by atoms with van der Waals surface area (Å²) >= 11 is 6.40. The standard InChI is InChI=1S/C28H36ClN3O4/c1-17-13-18(2)15-20(14-17)25(26(34)31-24-19(3)9-7-12-22(24)29)32(21-10-8-11-21)23(33)16-30-27(35)36-28(4,5)6/h7,9,12-15,21,25H,8,10-11,16H2,1-6H3,(H,30,35)(H,31,34). The van der Waals surface area contributed by atoms with E-state index in [2.05, 4.69) is 10.6 Å². The molecule has 0 aliphatic heterocycles. The highest BCUT2D eigenvalue weighted by atomic mass is 35.5. The molecular formula is C28H36ClN3O4. The third-order valence-electron chi connectivity index (χ3n) is 6.10. The lowest BCUT2D eigenvalue weighted by Crippen LogP contribution is -2.53. The lowest BCUT2D eigenvalue weighted by molar-refractivity contribution is -0.143. The summed E-state index contributed by atoms with van der Waals surface area (Å²) in [7, 11) is 0. The molecule has 0 bridgehead atoms. The van der Waals surface area contributed by atoms with E-state index >= 15 is 0 Å². The lowest BCUT2D eigenvalue weighted by Gasteiger charge is -2.42. The highest BCUT2D eigenvalue weighted by molar-refractivity contribution is 6.34. The number of aryl methyl sites for hydroxylation is 3. The Hall–Kier alpha value is -3.06. The van der Waals surface area contributed by atoms with Crippen LogP contribution in [0.15, 0.2) is 36.4 Å². The van der Waals surface area contributed by atoms with E-state index in [-0.39, 0.29) is 24.4 Å². The first-order chi connectivity index (χ1) is 16.9. The molecule has 194 valence electrons. The molecule has 1 unspecified atom stereocenters. The fourth-order valence-electron chi connectivity index (χ4n) is 4.36. The highest BCUT2D eigenvalue weighted by Crippen LogP contribution is 2.35. The van der Waals surface area contributed by atoms with Crippen molar-refractivity contribution in [2.45, 2.75) is 78.5 Å². The Balaban J connectivity index is 1.97. The molecule has 1 aliphatic carbocycles. The molecule has 0 radical (unpaired) electrons. The van der Waals surface area contributed by atoms with E-state index in [0.717, 1.165) is 36.0 Å². The van der Waals surface area contributed by atoms with Crippen molar-refractivity contribution in [2.24, 2.45) is 0 Å². The van der Waals surface area contributed by atoms with E-state index in [0.29, 0.717) is 16.3 Å². The van der Waals surface area contributed by atoms with E-state index in [1.165, 1.54) is 0 Å². The van der Waals surface area contributed by atoms with Crippen molar-refractivity contribution in [1.82, 2.24) is 10.2 Å². The molecule has 1 aliphatic rings. The number of rotatable bonds is 7. The maximum atomic E-state index is 13.9. The molecule has 3 rings (SSSR count). The summed E-state index contributed by atoms with van der Waals surface area (Å²) in [6.45, 7) is 10.8. The number of carbonyl (C=O) groups is 3. The van der Waals surface area contributed by atoms with Crippen LogP contribution in [0.1, 0.15) is 68.3 Å². The summed E-state index contributed by atoms with van der Waals surface area (Å²) in [6, 6.07) is 10.3. The van der Waals surface area contributed by atoms with Gasteiger partial charge in [-0.15, -0.1) is 0 Å². The van der Waals surface area contributed by atoms with Gasteiger partial charge in [0.05, 0.1) is 10.7 Å². The van der Waals surface area contributed by atoms with Crippen LogP contribution < -0.4 is 10.6 Å². The maximum Gasteiger partial charge on any atom is 0.408 e. The molecule has 2 aromatic rings. The van der Waals surface area contributed by atoms with Gasteiger partial charge < -0.3 is 20.3 Å². The van der Waals surface area contributed by atoms with Crippen LogP contribution in [0.4, 0.5) is 10.5 Å². The van der Waals surface area contributed by atoms with Crippen molar-refractivity contribution in [3.05, 3.63) is 63.7 Å². The fourth-order valence-corrected chi connectivity index (χ4v) is 4.63. The fraction of sp³-hybridized carbons (Fsp3) is 0.464. The van der Waals surface area contributed by atoms with Gasteiger partial charge in [-0.3, -0.25) is 9.59 Å². The van der Waals surface area contributed by atoms with Gasteiger partial charge in [-0.2, -0.15) is 0 Å². The number of halogens is 1. The van der Waals surface area contributed by atoms with Gasteiger partial charge in [-0.05, 0) is 78.0 Å². The summed E-state index contributed by atoms with van der Waals surface area (Å²) in [4.78, 5) is 41.3. The molecule has 0 spiro atoms. The summed E-state index contributed by atoms with van der Waals surface area (Å²) in [5, 5.41) is 5.95. The number of carbonyl (C=O) groups excluding carboxylic acids is 3. The zero-order valence-corrected chi connectivity index (χ0v) is 22.7. The average molecular weight is 514 g/mol. The second kappa shape index (κ2) is 11.3. The molecule has 36 heavy (non-hydrogen) atoms. The number of ether oxygens (including phenoxy) is 1. The molecule has 3 amide bonds. The van der Waals surface area contributed by atoms with Crippen LogP contribution in [0.5, 0.6) is 0 Å². The first-order valence-electron chi connectivity index (χ1n) is 12.3. The van der Waals surface area contributed by atoms with Crippen molar-refractivity contribution >= 4 is 35.2 Å². The number of para-hydroxylation sites is 1. The average Bonchev–Trinajstić information content (AvgIpc) is 2.71. The van der Waals surface area contributed by atoms with Crippen molar-refractivity contribution in [1.29, 1.82) is 0 Å². The van der Waals surface area contributed by atoms with Crippen LogP contribution in [0.2, 0.25) is 5.02 Å². The third kappa shape index (κ3) is 7.00. The third-order valence-corrected chi connectivity index (χ3v) is 6.41. The van der Waals surface area contributed by atoms with Gasteiger partial charge in [0.25, 0.3) is 5.91 Å². The van der Waals surface area contributed by atoms with Crippen molar-refractivity contribution < 1.29 is 19.1 Å². The van der Waals surface area contributed by atoms with Gasteiger partial charge in [0.2, 0.25) is 5.91 Å². The Bertz CT molecular complexity index is 1100. The number of alkyl carbamates (subject to hydrolysis) is 1. The maximum absolute atomic E-state index is 13.9. The highest BCUT2D eigenvalue weighted by Gasteiger charge is 2.39. The topological polar surface area (TPSA) is 87.7 Å². The largest absolute Gasteiger partial charge is 0.444 e. The molecule has 2 N–H and O–H groups in total. The van der Waals surface area contributed by atoms with Crippen LogP contribution in [-0.4, -0.2) is 41.0 Å². The zero-order valence-electron chi connectivity index (χ0n) is 21.9. The smallest absolute Gasteiger partial charge is 0.408 e. The van der Waals surface area contributed by atoms with Crippen LogP contribution in [0.25, 0.3) is 0 Å². The molecule has 0 heterocycles. The number of nitrogens with zero attached hydrogens (tertiary/aromatic N) is 1. The molecule has 1 atom stereocenters. The number of hydrogen-bond donors (Lipinski definition) is 2. The SMILES string of the molecule is Cc1cc(C)cc(C(C(=O)Nc2c(C)cccc2Cl)N(C(=O)CNC(=O)OC(C)(C)C)C2CCC2)c1. The minimum absolute atomic E-state index is 0.109. The quantitative estimate of drug-likeness (QED) is 0.486. The number of nitrogens with one attached hydrogen (secondary N) is 2. The summed E-state index contributed by atoms with van der Waals surface area (Å²) in [5.74, 6) is -0.700. The second-order valence-electron chi connectivity index (χ2n) is 10.5. The summed E-state index contributed by atoms with van der Waals surface area (Å²) in [6.07, 6.45) is 1.87. The summed E-state index contributed by atoms with van der Waals surface area (Å²) < 4.78 is 5.28. The Kier molecular flexibility index (Phi) is 8.67. The van der Waals surface area contributed by atoms with E-state index in [1.807, 2.05) is 51.1 Å². The molecule has 0 saturated heterocycles.